The second-order valence-corrected chi connectivity index (χ2v) is 7.27. The molecule has 3 aromatic rings. The number of hydrogen-bond donors (Lipinski definition) is 2. The quantitative estimate of drug-likeness (QED) is 0.344. The van der Waals surface area contributed by atoms with Gasteiger partial charge in [-0.15, -0.1) is 21.5 Å². The molecule has 0 fully saturated rings. The van der Waals surface area contributed by atoms with Gasteiger partial charge in [0, 0.05) is 17.8 Å². The van der Waals surface area contributed by atoms with E-state index in [1.54, 1.807) is 24.3 Å². The van der Waals surface area contributed by atoms with Gasteiger partial charge in [0.2, 0.25) is 5.91 Å². The first-order chi connectivity index (χ1) is 13.5. The van der Waals surface area contributed by atoms with Gasteiger partial charge in [0.25, 0.3) is 11.6 Å². The van der Waals surface area contributed by atoms with Gasteiger partial charge in [-0.1, -0.05) is 17.8 Å². The third kappa shape index (κ3) is 5.34. The van der Waals surface area contributed by atoms with Gasteiger partial charge in [-0.25, -0.2) is 0 Å². The first-order valence-corrected chi connectivity index (χ1v) is 9.73. The van der Waals surface area contributed by atoms with Crippen LogP contribution in [0.4, 0.5) is 17.2 Å². The SMILES string of the molecule is O=C(CSc1ccc(NC(=O)c2cccs2)nn1)Nc1ccc([N+](=O)[O-])cc1. The van der Waals surface area contributed by atoms with Gasteiger partial charge in [-0.3, -0.25) is 19.7 Å². The van der Waals surface area contributed by atoms with Crippen molar-refractivity contribution in [3.05, 3.63) is 68.9 Å². The summed E-state index contributed by atoms with van der Waals surface area (Å²) in [6, 6.07) is 12.3. The highest BCUT2D eigenvalue weighted by molar-refractivity contribution is 7.99. The lowest BCUT2D eigenvalue weighted by Crippen LogP contribution is -2.14. The van der Waals surface area contributed by atoms with Gasteiger partial charge in [0.05, 0.1) is 15.6 Å². The minimum Gasteiger partial charge on any atom is -0.325 e. The minimum atomic E-state index is -0.507. The van der Waals surface area contributed by atoms with Gasteiger partial charge < -0.3 is 10.6 Å². The van der Waals surface area contributed by atoms with E-state index in [-0.39, 0.29) is 23.3 Å². The Balaban J connectivity index is 1.48. The number of anilines is 2. The van der Waals surface area contributed by atoms with Crippen molar-refractivity contribution >= 4 is 52.1 Å². The molecule has 0 bridgehead atoms. The highest BCUT2D eigenvalue weighted by Gasteiger charge is 2.10. The van der Waals surface area contributed by atoms with Crippen molar-refractivity contribution in [2.75, 3.05) is 16.4 Å². The third-order valence-corrected chi connectivity index (χ3v) is 5.13. The van der Waals surface area contributed by atoms with Crippen LogP contribution in [0, 0.1) is 10.1 Å². The van der Waals surface area contributed by atoms with Gasteiger partial charge in [-0.05, 0) is 35.7 Å². The van der Waals surface area contributed by atoms with Gasteiger partial charge in [-0.2, -0.15) is 0 Å². The van der Waals surface area contributed by atoms with Crippen molar-refractivity contribution in [2.24, 2.45) is 0 Å². The topological polar surface area (TPSA) is 127 Å². The van der Waals surface area contributed by atoms with Crippen LogP contribution < -0.4 is 10.6 Å². The number of aromatic nitrogens is 2. The first kappa shape index (κ1) is 19.5. The zero-order chi connectivity index (χ0) is 19.9. The standard InChI is InChI=1S/C17H13N5O4S2/c23-15(18-11-3-5-12(6-4-11)22(25)26)10-28-16-8-7-14(20-21-16)19-17(24)13-2-1-9-27-13/h1-9H,10H2,(H,18,23)(H,19,20,24). The average Bonchev–Trinajstić information content (AvgIpc) is 3.23. The maximum atomic E-state index is 12.0. The molecule has 0 radical (unpaired) electrons. The lowest BCUT2D eigenvalue weighted by Gasteiger charge is -2.05. The second kappa shape index (κ2) is 9.06. The lowest BCUT2D eigenvalue weighted by atomic mass is 10.3. The number of nitro benzene ring substituents is 1. The van der Waals surface area contributed by atoms with Crippen LogP contribution in [0.3, 0.4) is 0 Å². The van der Waals surface area contributed by atoms with Crippen LogP contribution in [0.5, 0.6) is 0 Å². The van der Waals surface area contributed by atoms with Crippen molar-refractivity contribution < 1.29 is 14.5 Å². The molecule has 11 heteroatoms. The fraction of sp³-hybridized carbons (Fsp3) is 0.0588. The number of non-ortho nitro benzene ring substituents is 1. The Morgan fingerprint density at radius 2 is 1.86 bits per heavy atom. The fourth-order valence-electron chi connectivity index (χ4n) is 2.05. The Kier molecular flexibility index (Phi) is 6.29. The number of rotatable bonds is 7. The number of amides is 2. The summed E-state index contributed by atoms with van der Waals surface area (Å²) in [4.78, 5) is 34.6. The molecule has 2 amide bonds. The van der Waals surface area contributed by atoms with E-state index < -0.39 is 4.92 Å². The van der Waals surface area contributed by atoms with Crippen LogP contribution in [0.1, 0.15) is 9.67 Å². The molecule has 2 heterocycles. The molecule has 0 spiro atoms. The van der Waals surface area contributed by atoms with Crippen LogP contribution >= 0.6 is 23.1 Å². The Hall–Kier alpha value is -3.31. The molecule has 2 aromatic heterocycles. The number of hydrogen-bond acceptors (Lipinski definition) is 8. The van der Waals surface area contributed by atoms with E-state index in [2.05, 4.69) is 20.8 Å². The molecule has 0 aliphatic heterocycles. The highest BCUT2D eigenvalue weighted by Crippen LogP contribution is 2.18. The fourth-order valence-corrected chi connectivity index (χ4v) is 3.29. The smallest absolute Gasteiger partial charge is 0.269 e. The molecular weight excluding hydrogens is 402 g/mol. The molecule has 2 N–H and O–H groups in total. The van der Waals surface area contributed by atoms with Crippen LogP contribution in [-0.4, -0.2) is 32.7 Å². The molecule has 0 saturated carbocycles. The number of thiophene rings is 1. The second-order valence-electron chi connectivity index (χ2n) is 5.33. The highest BCUT2D eigenvalue weighted by atomic mass is 32.2. The number of nitrogens with one attached hydrogen (secondary N) is 2. The van der Waals surface area contributed by atoms with E-state index in [1.165, 1.54) is 47.4 Å². The van der Waals surface area contributed by atoms with E-state index in [1.807, 2.05) is 5.38 Å². The minimum absolute atomic E-state index is 0.0473. The number of carbonyl (C=O) groups excluding carboxylic acids is 2. The maximum absolute atomic E-state index is 12.0. The molecule has 0 saturated heterocycles. The van der Waals surface area contributed by atoms with Crippen LogP contribution in [0.2, 0.25) is 0 Å². The zero-order valence-electron chi connectivity index (χ0n) is 14.2. The number of thioether (sulfide) groups is 1. The molecular formula is C17H13N5O4S2. The summed E-state index contributed by atoms with van der Waals surface area (Å²) in [6.07, 6.45) is 0. The molecule has 0 aliphatic carbocycles. The lowest BCUT2D eigenvalue weighted by molar-refractivity contribution is -0.384. The number of benzene rings is 1. The number of nitro groups is 1. The largest absolute Gasteiger partial charge is 0.325 e. The molecule has 142 valence electrons. The van der Waals surface area contributed by atoms with Crippen LogP contribution in [-0.2, 0) is 4.79 Å². The Morgan fingerprint density at radius 3 is 2.46 bits per heavy atom. The normalized spacial score (nSPS) is 10.3. The molecule has 0 aliphatic rings. The molecule has 3 rings (SSSR count). The van der Waals surface area contributed by atoms with Crippen molar-refractivity contribution in [1.29, 1.82) is 0 Å². The zero-order valence-corrected chi connectivity index (χ0v) is 15.8. The van der Waals surface area contributed by atoms with Gasteiger partial charge >= 0.3 is 0 Å². The summed E-state index contributed by atoms with van der Waals surface area (Å²) >= 11 is 2.50. The van der Waals surface area contributed by atoms with Crippen molar-refractivity contribution in [3.63, 3.8) is 0 Å². The van der Waals surface area contributed by atoms with Crippen molar-refractivity contribution in [2.45, 2.75) is 5.03 Å². The summed E-state index contributed by atoms with van der Waals surface area (Å²) in [7, 11) is 0. The molecule has 0 unspecified atom stereocenters. The van der Waals surface area contributed by atoms with E-state index in [4.69, 9.17) is 0 Å². The monoisotopic (exact) mass is 415 g/mol. The molecule has 1 aromatic carbocycles. The van der Waals surface area contributed by atoms with Crippen LogP contribution in [0.15, 0.2) is 58.9 Å². The first-order valence-electron chi connectivity index (χ1n) is 7.87. The van der Waals surface area contributed by atoms with E-state index in [0.29, 0.717) is 21.4 Å². The van der Waals surface area contributed by atoms with Gasteiger partial charge in [0.15, 0.2) is 5.82 Å². The van der Waals surface area contributed by atoms with E-state index in [9.17, 15) is 19.7 Å². The Morgan fingerprint density at radius 1 is 1.07 bits per heavy atom. The molecule has 0 atom stereocenters. The third-order valence-electron chi connectivity index (χ3n) is 3.34. The van der Waals surface area contributed by atoms with Gasteiger partial charge in [0.1, 0.15) is 5.03 Å². The summed E-state index contributed by atoms with van der Waals surface area (Å²) in [5, 5.41) is 26.1. The van der Waals surface area contributed by atoms with Crippen molar-refractivity contribution in [3.8, 4) is 0 Å². The van der Waals surface area contributed by atoms with Crippen molar-refractivity contribution in [1.82, 2.24) is 10.2 Å². The molecule has 9 nitrogen and oxygen atoms in total. The number of carbonyl (C=O) groups is 2. The molecule has 28 heavy (non-hydrogen) atoms. The predicted octanol–water partition coefficient (Wildman–Crippen LogP) is 3.43. The summed E-state index contributed by atoms with van der Waals surface area (Å²) in [5.74, 6) is -0.131. The van der Waals surface area contributed by atoms with E-state index >= 15 is 0 Å². The Bertz CT molecular complexity index is 976. The average molecular weight is 415 g/mol. The Labute approximate surface area is 167 Å². The summed E-state index contributed by atoms with van der Waals surface area (Å²) in [6.45, 7) is 0. The summed E-state index contributed by atoms with van der Waals surface area (Å²) < 4.78 is 0. The number of nitrogens with zero attached hydrogens (tertiary/aromatic N) is 3. The summed E-state index contributed by atoms with van der Waals surface area (Å²) in [5.41, 5.74) is 0.419. The van der Waals surface area contributed by atoms with E-state index in [0.717, 1.165) is 0 Å². The van der Waals surface area contributed by atoms with Crippen LogP contribution in [0.25, 0.3) is 0 Å². The predicted molar refractivity (Wildman–Crippen MR) is 107 cm³/mol. The maximum Gasteiger partial charge on any atom is 0.269 e.